The summed E-state index contributed by atoms with van der Waals surface area (Å²) in [5.74, 6) is -0.174. The number of amides is 1. The molecular weight excluding hydrogens is 249 g/mol. The van der Waals surface area contributed by atoms with Gasteiger partial charge in [0, 0.05) is 19.1 Å². The summed E-state index contributed by atoms with van der Waals surface area (Å²) in [6.07, 6.45) is -5.15. The zero-order valence-corrected chi connectivity index (χ0v) is 10.6. The third kappa shape index (κ3) is 5.22. The van der Waals surface area contributed by atoms with Crippen molar-refractivity contribution in [2.75, 3.05) is 26.3 Å². The first-order valence-electron chi connectivity index (χ1n) is 5.99. The van der Waals surface area contributed by atoms with Crippen molar-refractivity contribution in [3.63, 3.8) is 0 Å². The van der Waals surface area contributed by atoms with E-state index in [-0.39, 0.29) is 5.91 Å². The van der Waals surface area contributed by atoms with E-state index in [1.54, 1.807) is 11.8 Å². The number of ether oxygens (including phenoxy) is 1. The smallest absolute Gasteiger partial charge is 0.378 e. The molecule has 1 rings (SSSR count). The molecule has 2 unspecified atom stereocenters. The Morgan fingerprint density at radius 3 is 2.39 bits per heavy atom. The van der Waals surface area contributed by atoms with Gasteiger partial charge in [0.05, 0.1) is 25.7 Å². The Hall–Kier alpha value is -0.820. The van der Waals surface area contributed by atoms with E-state index in [0.717, 1.165) is 0 Å². The number of nitrogens with zero attached hydrogens (tertiary/aromatic N) is 1. The van der Waals surface area contributed by atoms with Gasteiger partial charge in [-0.05, 0) is 13.8 Å². The number of hydrogen-bond donors (Lipinski definition) is 1. The van der Waals surface area contributed by atoms with Gasteiger partial charge in [-0.1, -0.05) is 0 Å². The molecule has 1 heterocycles. The van der Waals surface area contributed by atoms with E-state index in [0.29, 0.717) is 26.3 Å². The van der Waals surface area contributed by atoms with E-state index in [1.165, 1.54) is 6.92 Å². The van der Waals surface area contributed by atoms with Crippen LogP contribution in [0.2, 0.25) is 0 Å². The van der Waals surface area contributed by atoms with Crippen LogP contribution in [0, 0.1) is 0 Å². The van der Waals surface area contributed by atoms with Crippen LogP contribution in [0.3, 0.4) is 0 Å². The lowest BCUT2D eigenvalue weighted by Crippen LogP contribution is -2.51. The Balaban J connectivity index is 2.39. The molecule has 1 N–H and O–H groups in total. The second kappa shape index (κ2) is 6.38. The molecule has 0 aliphatic carbocycles. The molecule has 0 aromatic rings. The lowest BCUT2D eigenvalue weighted by molar-refractivity contribution is -0.144. The molecule has 1 saturated heterocycles. The number of morpholine rings is 1. The number of halogens is 3. The molecule has 18 heavy (non-hydrogen) atoms. The highest BCUT2D eigenvalue weighted by Crippen LogP contribution is 2.21. The Morgan fingerprint density at radius 1 is 1.33 bits per heavy atom. The monoisotopic (exact) mass is 268 g/mol. The molecule has 1 aliphatic rings. The van der Waals surface area contributed by atoms with E-state index >= 15 is 0 Å². The van der Waals surface area contributed by atoms with Crippen molar-refractivity contribution < 1.29 is 22.7 Å². The van der Waals surface area contributed by atoms with E-state index in [1.807, 2.05) is 0 Å². The number of alkyl halides is 3. The lowest BCUT2D eigenvalue weighted by Gasteiger charge is -2.30. The Labute approximate surface area is 104 Å². The summed E-state index contributed by atoms with van der Waals surface area (Å²) >= 11 is 0. The van der Waals surface area contributed by atoms with E-state index in [4.69, 9.17) is 4.74 Å². The third-order valence-electron chi connectivity index (χ3n) is 2.77. The molecule has 2 atom stereocenters. The second-order valence-corrected chi connectivity index (χ2v) is 4.55. The van der Waals surface area contributed by atoms with Crippen LogP contribution in [-0.2, 0) is 9.53 Å². The predicted molar refractivity (Wildman–Crippen MR) is 60.1 cm³/mol. The number of hydrogen-bond acceptors (Lipinski definition) is 3. The van der Waals surface area contributed by atoms with Gasteiger partial charge in [0.1, 0.15) is 0 Å². The highest BCUT2D eigenvalue weighted by atomic mass is 19.4. The lowest BCUT2D eigenvalue weighted by atomic mass is 10.2. The zero-order chi connectivity index (χ0) is 13.8. The molecule has 106 valence electrons. The molecule has 1 fully saturated rings. The van der Waals surface area contributed by atoms with Crippen LogP contribution in [0.25, 0.3) is 0 Å². The Bertz CT molecular complexity index is 278. The first kappa shape index (κ1) is 15.2. The molecule has 0 bridgehead atoms. The van der Waals surface area contributed by atoms with Crippen molar-refractivity contribution in [2.24, 2.45) is 0 Å². The average Bonchev–Trinajstić information content (AvgIpc) is 2.26. The molecule has 1 amide bonds. The van der Waals surface area contributed by atoms with Crippen LogP contribution in [0.4, 0.5) is 13.2 Å². The van der Waals surface area contributed by atoms with Crippen LogP contribution >= 0.6 is 0 Å². The maximum atomic E-state index is 12.2. The first-order chi connectivity index (χ1) is 8.29. The quantitative estimate of drug-likeness (QED) is 0.832. The maximum Gasteiger partial charge on any atom is 0.390 e. The summed E-state index contributed by atoms with van der Waals surface area (Å²) in [7, 11) is 0. The minimum absolute atomic E-state index is 0.174. The van der Waals surface area contributed by atoms with Gasteiger partial charge in [-0.3, -0.25) is 4.79 Å². The fraction of sp³-hybridized carbons (Fsp3) is 0.909. The van der Waals surface area contributed by atoms with Gasteiger partial charge in [0.25, 0.3) is 0 Å². The van der Waals surface area contributed by atoms with Crippen molar-refractivity contribution >= 4 is 5.91 Å². The molecule has 0 spiro atoms. The number of carbonyl (C=O) groups excluding carboxylic acids is 1. The van der Waals surface area contributed by atoms with Crippen LogP contribution in [0.15, 0.2) is 0 Å². The maximum absolute atomic E-state index is 12.2. The Kier molecular flexibility index (Phi) is 5.40. The van der Waals surface area contributed by atoms with Gasteiger partial charge in [0.2, 0.25) is 5.91 Å². The SMILES string of the molecule is CC(CC(F)(F)F)NC(C)C(=O)N1CCOCC1. The first-order valence-corrected chi connectivity index (χ1v) is 5.99. The minimum atomic E-state index is -4.21. The fourth-order valence-electron chi connectivity index (χ4n) is 1.96. The van der Waals surface area contributed by atoms with Crippen LogP contribution < -0.4 is 5.32 Å². The largest absolute Gasteiger partial charge is 0.390 e. The molecular formula is C11H19F3N2O2. The van der Waals surface area contributed by atoms with Crippen molar-refractivity contribution in [2.45, 2.75) is 38.5 Å². The number of nitrogens with one attached hydrogen (secondary N) is 1. The predicted octanol–water partition coefficient (Wildman–Crippen LogP) is 1.16. The summed E-state index contributed by atoms with van der Waals surface area (Å²) in [6.45, 7) is 4.98. The highest BCUT2D eigenvalue weighted by molar-refractivity contribution is 5.81. The number of carbonyl (C=O) groups is 1. The topological polar surface area (TPSA) is 41.6 Å². The molecule has 0 radical (unpaired) electrons. The standard InChI is InChI=1S/C11H19F3N2O2/c1-8(7-11(12,13)14)15-9(2)10(17)16-3-5-18-6-4-16/h8-9,15H,3-7H2,1-2H3. The van der Waals surface area contributed by atoms with E-state index in [9.17, 15) is 18.0 Å². The van der Waals surface area contributed by atoms with Gasteiger partial charge < -0.3 is 15.0 Å². The van der Waals surface area contributed by atoms with Crippen molar-refractivity contribution in [1.29, 1.82) is 0 Å². The Morgan fingerprint density at radius 2 is 1.89 bits per heavy atom. The van der Waals surface area contributed by atoms with Crippen LogP contribution in [-0.4, -0.2) is 55.4 Å². The van der Waals surface area contributed by atoms with Gasteiger partial charge in [0.15, 0.2) is 0 Å². The van der Waals surface area contributed by atoms with Crippen LogP contribution in [0.5, 0.6) is 0 Å². The van der Waals surface area contributed by atoms with Crippen LogP contribution in [0.1, 0.15) is 20.3 Å². The van der Waals surface area contributed by atoms with Gasteiger partial charge >= 0.3 is 6.18 Å². The van der Waals surface area contributed by atoms with Crippen molar-refractivity contribution in [1.82, 2.24) is 10.2 Å². The average molecular weight is 268 g/mol. The summed E-state index contributed by atoms with van der Waals surface area (Å²) in [4.78, 5) is 13.5. The third-order valence-corrected chi connectivity index (χ3v) is 2.77. The van der Waals surface area contributed by atoms with Gasteiger partial charge in [-0.15, -0.1) is 0 Å². The van der Waals surface area contributed by atoms with Gasteiger partial charge in [-0.25, -0.2) is 0 Å². The van der Waals surface area contributed by atoms with E-state index < -0.39 is 24.7 Å². The molecule has 1 aliphatic heterocycles. The second-order valence-electron chi connectivity index (χ2n) is 4.55. The fourth-order valence-corrected chi connectivity index (χ4v) is 1.96. The van der Waals surface area contributed by atoms with E-state index in [2.05, 4.69) is 5.32 Å². The normalized spacial score (nSPS) is 20.6. The zero-order valence-electron chi connectivity index (χ0n) is 10.6. The molecule has 4 nitrogen and oxygen atoms in total. The molecule has 7 heteroatoms. The van der Waals surface area contributed by atoms with Crippen molar-refractivity contribution in [3.8, 4) is 0 Å². The molecule has 0 aromatic carbocycles. The minimum Gasteiger partial charge on any atom is -0.378 e. The summed E-state index contributed by atoms with van der Waals surface area (Å²) in [5.41, 5.74) is 0. The molecule has 0 aromatic heterocycles. The van der Waals surface area contributed by atoms with Gasteiger partial charge in [-0.2, -0.15) is 13.2 Å². The summed E-state index contributed by atoms with van der Waals surface area (Å²) in [6, 6.07) is -1.38. The summed E-state index contributed by atoms with van der Waals surface area (Å²) < 4.78 is 41.6. The number of rotatable bonds is 4. The van der Waals surface area contributed by atoms with Crippen molar-refractivity contribution in [3.05, 3.63) is 0 Å². The molecule has 0 saturated carbocycles. The highest BCUT2D eigenvalue weighted by Gasteiger charge is 2.31. The summed E-state index contributed by atoms with van der Waals surface area (Å²) in [5, 5.41) is 2.68.